The number of hydrogen-bond acceptors (Lipinski definition) is 6. The summed E-state index contributed by atoms with van der Waals surface area (Å²) in [5, 5.41) is 13.3. The van der Waals surface area contributed by atoms with Crippen LogP contribution in [0.15, 0.2) is 24.3 Å². The maximum Gasteiger partial charge on any atom is 0.242 e. The summed E-state index contributed by atoms with van der Waals surface area (Å²) < 4.78 is 1.18. The molecule has 1 heterocycles. The van der Waals surface area contributed by atoms with E-state index in [1.165, 1.54) is 4.70 Å². The van der Waals surface area contributed by atoms with Gasteiger partial charge in [0.15, 0.2) is 0 Å². The maximum atomic E-state index is 12.6. The summed E-state index contributed by atoms with van der Waals surface area (Å²) in [6, 6.07) is 7.33. The van der Waals surface area contributed by atoms with Gasteiger partial charge in [-0.2, -0.15) is 0 Å². The molecule has 8 heteroatoms. The summed E-state index contributed by atoms with van der Waals surface area (Å²) >= 11 is 1.70. The van der Waals surface area contributed by atoms with Gasteiger partial charge in [0.25, 0.3) is 0 Å². The number of carbonyl (C=O) groups excluding carboxylic acids is 2. The summed E-state index contributed by atoms with van der Waals surface area (Å²) in [4.78, 5) is 29.4. The number of carbonyl (C=O) groups is 2. The van der Waals surface area contributed by atoms with Gasteiger partial charge < -0.3 is 21.3 Å². The summed E-state index contributed by atoms with van der Waals surface area (Å²) in [6.07, 6.45) is 0.782. The summed E-state index contributed by atoms with van der Waals surface area (Å²) in [5.41, 5.74) is 1.02. The maximum absolute atomic E-state index is 12.6. The van der Waals surface area contributed by atoms with Gasteiger partial charge in [0.05, 0.1) is 21.3 Å². The lowest BCUT2D eigenvalue weighted by Crippen LogP contribution is -2.55. The summed E-state index contributed by atoms with van der Waals surface area (Å²) in [6.45, 7) is 8.69. The number of para-hydroxylation sites is 1. The van der Waals surface area contributed by atoms with Gasteiger partial charge in [0, 0.05) is 25.6 Å². The number of thiazole rings is 1. The Labute approximate surface area is 177 Å². The Morgan fingerprint density at radius 2 is 1.86 bits per heavy atom. The van der Waals surface area contributed by atoms with E-state index in [9.17, 15) is 9.59 Å². The lowest BCUT2D eigenvalue weighted by atomic mass is 10.0. The van der Waals surface area contributed by atoms with Gasteiger partial charge in [0.2, 0.25) is 11.8 Å². The summed E-state index contributed by atoms with van der Waals surface area (Å²) in [5.74, 6) is -0.307. The molecule has 0 saturated heterocycles. The second-order valence-corrected chi connectivity index (χ2v) is 8.64. The van der Waals surface area contributed by atoms with E-state index in [-0.39, 0.29) is 23.8 Å². The number of hydrogen-bond donors (Lipinski definition) is 4. The van der Waals surface area contributed by atoms with Crippen molar-refractivity contribution < 1.29 is 9.59 Å². The Bertz CT molecular complexity index is 774. The molecule has 0 aliphatic carbocycles. The highest BCUT2D eigenvalue weighted by atomic mass is 32.1. The average molecular weight is 420 g/mol. The van der Waals surface area contributed by atoms with Crippen molar-refractivity contribution in [3.05, 3.63) is 29.3 Å². The highest BCUT2D eigenvalue weighted by Crippen LogP contribution is 2.22. The number of likely N-dealkylation sites (N-methyl/N-ethyl adjacent to an activating group) is 2. The van der Waals surface area contributed by atoms with Crippen molar-refractivity contribution in [2.45, 2.75) is 52.2 Å². The van der Waals surface area contributed by atoms with Crippen LogP contribution in [0.1, 0.15) is 32.7 Å². The van der Waals surface area contributed by atoms with E-state index in [2.05, 4.69) is 32.3 Å². The molecule has 2 rings (SSSR count). The van der Waals surface area contributed by atoms with Crippen molar-refractivity contribution in [2.24, 2.45) is 5.92 Å². The predicted molar refractivity (Wildman–Crippen MR) is 119 cm³/mol. The topological polar surface area (TPSA) is 95.2 Å². The van der Waals surface area contributed by atoms with Gasteiger partial charge in [-0.25, -0.2) is 4.98 Å². The highest BCUT2D eigenvalue weighted by molar-refractivity contribution is 7.18. The van der Waals surface area contributed by atoms with Gasteiger partial charge in [-0.15, -0.1) is 11.3 Å². The number of nitrogens with one attached hydrogen (secondary N) is 4. The minimum Gasteiger partial charge on any atom is -0.355 e. The molecule has 2 amide bonds. The number of rotatable bonds is 11. The number of benzene rings is 1. The minimum absolute atomic E-state index is 0.0155. The van der Waals surface area contributed by atoms with Crippen LogP contribution in [-0.2, 0) is 16.0 Å². The van der Waals surface area contributed by atoms with Crippen molar-refractivity contribution >= 4 is 33.4 Å². The van der Waals surface area contributed by atoms with E-state index in [0.717, 1.165) is 16.9 Å². The zero-order valence-electron chi connectivity index (χ0n) is 17.9. The van der Waals surface area contributed by atoms with Crippen molar-refractivity contribution in [3.8, 4) is 0 Å². The Balaban J connectivity index is 1.88. The molecule has 0 spiro atoms. The van der Waals surface area contributed by atoms with Crippen LogP contribution in [0.5, 0.6) is 0 Å². The van der Waals surface area contributed by atoms with Crippen LogP contribution in [0.4, 0.5) is 0 Å². The first kappa shape index (κ1) is 23.3. The Hall–Kier alpha value is -2.03. The lowest BCUT2D eigenvalue weighted by Gasteiger charge is -2.24. The van der Waals surface area contributed by atoms with Crippen molar-refractivity contribution in [1.82, 2.24) is 26.3 Å². The number of fused-ring (bicyclic) bond motifs is 1. The number of nitrogens with zero attached hydrogens (tertiary/aromatic N) is 1. The molecule has 0 fully saturated rings. The SMILES string of the molecule is CCNC(=O)[C@@H](NC(=O)[C@H](C)NC[C@H](Cc1nc2ccccc2s1)NC)C(C)C. The first-order valence-electron chi connectivity index (χ1n) is 10.2. The molecule has 1 aromatic carbocycles. The molecule has 2 aromatic rings. The van der Waals surface area contributed by atoms with Crippen LogP contribution in [-0.4, -0.2) is 55.1 Å². The second-order valence-electron chi connectivity index (χ2n) is 7.52. The fourth-order valence-corrected chi connectivity index (χ4v) is 4.05. The third-order valence-electron chi connectivity index (χ3n) is 4.83. The second kappa shape index (κ2) is 11.2. The van der Waals surface area contributed by atoms with Gasteiger partial charge in [-0.3, -0.25) is 9.59 Å². The van der Waals surface area contributed by atoms with E-state index >= 15 is 0 Å². The molecular weight excluding hydrogens is 386 g/mol. The van der Waals surface area contributed by atoms with Gasteiger partial charge in [0.1, 0.15) is 6.04 Å². The molecule has 0 bridgehead atoms. The van der Waals surface area contributed by atoms with E-state index < -0.39 is 12.1 Å². The number of aromatic nitrogens is 1. The molecule has 7 nitrogen and oxygen atoms in total. The molecule has 0 saturated carbocycles. The first-order valence-corrected chi connectivity index (χ1v) is 11.0. The monoisotopic (exact) mass is 419 g/mol. The summed E-state index contributed by atoms with van der Waals surface area (Å²) in [7, 11) is 1.91. The largest absolute Gasteiger partial charge is 0.355 e. The Morgan fingerprint density at radius 3 is 2.48 bits per heavy atom. The molecule has 4 N–H and O–H groups in total. The molecule has 0 aliphatic rings. The fraction of sp³-hybridized carbons (Fsp3) is 0.571. The van der Waals surface area contributed by atoms with Crippen LogP contribution in [0.3, 0.4) is 0 Å². The van der Waals surface area contributed by atoms with E-state index in [1.807, 2.05) is 52.9 Å². The molecule has 1 aromatic heterocycles. The molecular formula is C21H33N5O2S. The van der Waals surface area contributed by atoms with Crippen molar-refractivity contribution in [1.29, 1.82) is 0 Å². The van der Waals surface area contributed by atoms with Crippen LogP contribution in [0, 0.1) is 5.92 Å². The van der Waals surface area contributed by atoms with Gasteiger partial charge >= 0.3 is 0 Å². The highest BCUT2D eigenvalue weighted by Gasteiger charge is 2.26. The lowest BCUT2D eigenvalue weighted by molar-refractivity contribution is -0.130. The predicted octanol–water partition coefficient (Wildman–Crippen LogP) is 1.68. The Morgan fingerprint density at radius 1 is 1.14 bits per heavy atom. The molecule has 0 radical (unpaired) electrons. The smallest absolute Gasteiger partial charge is 0.242 e. The van der Waals surface area contributed by atoms with E-state index in [1.54, 1.807) is 11.3 Å². The Kier molecular flexibility index (Phi) is 9.00. The normalized spacial score (nSPS) is 14.6. The molecule has 160 valence electrons. The fourth-order valence-electron chi connectivity index (χ4n) is 3.00. The number of amides is 2. The van der Waals surface area contributed by atoms with Crippen LogP contribution < -0.4 is 21.3 Å². The molecule has 0 aliphatic heterocycles. The first-order chi connectivity index (χ1) is 13.8. The van der Waals surface area contributed by atoms with Crippen LogP contribution in [0.2, 0.25) is 0 Å². The third kappa shape index (κ3) is 6.76. The molecule has 0 unspecified atom stereocenters. The average Bonchev–Trinajstić information content (AvgIpc) is 3.10. The zero-order valence-corrected chi connectivity index (χ0v) is 18.7. The van der Waals surface area contributed by atoms with Crippen molar-refractivity contribution in [3.63, 3.8) is 0 Å². The van der Waals surface area contributed by atoms with E-state index in [0.29, 0.717) is 13.1 Å². The van der Waals surface area contributed by atoms with Crippen LogP contribution in [0.25, 0.3) is 10.2 Å². The zero-order chi connectivity index (χ0) is 21.4. The van der Waals surface area contributed by atoms with Gasteiger partial charge in [-0.1, -0.05) is 26.0 Å². The quantitative estimate of drug-likeness (QED) is 0.445. The molecule has 3 atom stereocenters. The minimum atomic E-state index is -0.533. The van der Waals surface area contributed by atoms with Crippen LogP contribution >= 0.6 is 11.3 Å². The van der Waals surface area contributed by atoms with Gasteiger partial charge in [-0.05, 0) is 38.9 Å². The van der Waals surface area contributed by atoms with Crippen molar-refractivity contribution in [2.75, 3.05) is 20.1 Å². The third-order valence-corrected chi connectivity index (χ3v) is 5.89. The van der Waals surface area contributed by atoms with E-state index in [4.69, 9.17) is 0 Å². The standard InChI is InChI=1S/C21H33N5O2S/c1-6-23-21(28)19(13(2)3)26-20(27)14(4)24-12-15(22-5)11-18-25-16-9-7-8-10-17(16)29-18/h7-10,13-15,19,22,24H,6,11-12H2,1-5H3,(H,23,28)(H,26,27)/t14-,15-,19-/m0/s1. The molecule has 29 heavy (non-hydrogen) atoms.